The lowest BCUT2D eigenvalue weighted by molar-refractivity contribution is -0.757. The van der Waals surface area contributed by atoms with E-state index in [4.69, 9.17) is 10.5 Å². The molecule has 1 aliphatic heterocycles. The van der Waals surface area contributed by atoms with Gasteiger partial charge in [0.1, 0.15) is 6.61 Å². The van der Waals surface area contributed by atoms with Gasteiger partial charge in [0.05, 0.1) is 10.5 Å². The first-order valence-electron chi connectivity index (χ1n) is 11.5. The number of sulfonamides is 1. The average molecular weight is 531 g/mol. The third kappa shape index (κ3) is 5.63. The Bertz CT molecular complexity index is 1520. The van der Waals surface area contributed by atoms with Crippen molar-refractivity contribution in [3.8, 4) is 0 Å². The van der Waals surface area contributed by atoms with Crippen LogP contribution in [0.3, 0.4) is 0 Å². The molecule has 13 heteroatoms. The van der Waals surface area contributed by atoms with Crippen LogP contribution in [0.5, 0.6) is 0 Å². The van der Waals surface area contributed by atoms with Crippen LogP contribution in [0.15, 0.2) is 58.4 Å². The number of carbonyl (C=O) groups is 1. The maximum atomic E-state index is 13.3. The quantitative estimate of drug-likeness (QED) is 0.246. The summed E-state index contributed by atoms with van der Waals surface area (Å²) in [4.78, 5) is 40.4. The molecule has 1 aromatic heterocycles. The average Bonchev–Trinajstić information content (AvgIpc) is 3.32. The van der Waals surface area contributed by atoms with E-state index in [-0.39, 0.29) is 48.2 Å². The number of benzene rings is 2. The number of ether oxygens (including phenoxy) is 1. The Kier molecular flexibility index (Phi) is 7.57. The molecule has 3 aromatic rings. The van der Waals surface area contributed by atoms with Crippen LogP contribution >= 0.6 is 0 Å². The number of hydrogen-bond donors (Lipinski definition) is 1. The highest BCUT2D eigenvalue weighted by Gasteiger charge is 2.32. The van der Waals surface area contributed by atoms with Crippen LogP contribution in [0.4, 0.5) is 0 Å². The van der Waals surface area contributed by atoms with E-state index < -0.39 is 26.6 Å². The molecule has 2 aromatic carbocycles. The van der Waals surface area contributed by atoms with Crippen molar-refractivity contribution in [3.63, 3.8) is 0 Å². The van der Waals surface area contributed by atoms with E-state index in [9.17, 15) is 28.1 Å². The Balaban J connectivity index is 1.56. The maximum absolute atomic E-state index is 13.3. The minimum absolute atomic E-state index is 0.0377. The van der Waals surface area contributed by atoms with Crippen LogP contribution in [0.25, 0.3) is 10.8 Å². The number of hydrogen-bond acceptors (Lipinski definition) is 9. The molecule has 2 heterocycles. The van der Waals surface area contributed by atoms with Crippen LogP contribution in [0.1, 0.15) is 27.9 Å². The van der Waals surface area contributed by atoms with Crippen LogP contribution < -0.4 is 11.3 Å². The van der Waals surface area contributed by atoms with E-state index >= 15 is 0 Å². The fraction of sp³-hybridized carbons (Fsp3) is 0.333. The van der Waals surface area contributed by atoms with Crippen molar-refractivity contribution < 1.29 is 27.9 Å². The zero-order valence-electron chi connectivity index (χ0n) is 20.0. The second-order valence-corrected chi connectivity index (χ2v) is 10.7. The summed E-state index contributed by atoms with van der Waals surface area (Å²) in [6, 6.07) is 10.6. The zero-order chi connectivity index (χ0) is 26.7. The summed E-state index contributed by atoms with van der Waals surface area (Å²) in [5.74, 6) is -0.691. The number of esters is 1. The number of rotatable bonds is 9. The number of nitrogens with zero attached hydrogens (tertiary/aromatic N) is 3. The fourth-order valence-corrected chi connectivity index (χ4v) is 6.14. The van der Waals surface area contributed by atoms with E-state index in [0.717, 1.165) is 0 Å². The number of carbonyl (C=O) groups excluding carboxylic acids is 1. The van der Waals surface area contributed by atoms with Crippen LogP contribution in [0.2, 0.25) is 0 Å². The topological polar surface area (TPSA) is 164 Å². The van der Waals surface area contributed by atoms with Gasteiger partial charge in [-0.3, -0.25) is 9.36 Å². The molecule has 0 unspecified atom stereocenters. The highest BCUT2D eigenvalue weighted by molar-refractivity contribution is 7.89. The van der Waals surface area contributed by atoms with E-state index in [1.807, 2.05) is 0 Å². The molecule has 1 aliphatic rings. The molecule has 0 bridgehead atoms. The Morgan fingerprint density at radius 1 is 1.24 bits per heavy atom. The molecular weight excluding hydrogens is 504 g/mol. The van der Waals surface area contributed by atoms with Gasteiger partial charge in [-0.2, -0.15) is 4.31 Å². The molecule has 1 atom stereocenters. The summed E-state index contributed by atoms with van der Waals surface area (Å²) in [6.45, 7) is 1.68. The molecule has 1 saturated heterocycles. The SMILES string of the molecule is Cc1cn(COC(=O)c2cccc(CCO[N+](=O)[O-])c2)c(=O)c2cccc(S(=O)(=O)N3CC[C@H](N)C3)c12. The van der Waals surface area contributed by atoms with Gasteiger partial charge in [-0.15, -0.1) is 10.1 Å². The van der Waals surface area contributed by atoms with E-state index in [0.29, 0.717) is 29.5 Å². The lowest BCUT2D eigenvalue weighted by Gasteiger charge is -2.19. The molecule has 0 saturated carbocycles. The normalized spacial score (nSPS) is 16.1. The molecule has 2 N–H and O–H groups in total. The molecule has 0 spiro atoms. The van der Waals surface area contributed by atoms with Crippen LogP contribution in [-0.2, 0) is 32.7 Å². The fourth-order valence-electron chi connectivity index (χ4n) is 4.35. The van der Waals surface area contributed by atoms with Gasteiger partial charge in [-0.25, -0.2) is 13.2 Å². The second-order valence-electron chi connectivity index (χ2n) is 8.75. The first-order chi connectivity index (χ1) is 17.6. The molecule has 196 valence electrons. The smallest absolute Gasteiger partial charge is 0.339 e. The second kappa shape index (κ2) is 10.7. The number of fused-ring (bicyclic) bond motifs is 1. The van der Waals surface area contributed by atoms with E-state index in [1.54, 1.807) is 19.1 Å². The predicted octanol–water partition coefficient (Wildman–Crippen LogP) is 1.60. The van der Waals surface area contributed by atoms with E-state index in [2.05, 4.69) is 4.84 Å². The van der Waals surface area contributed by atoms with Gasteiger partial charge in [0, 0.05) is 36.1 Å². The number of nitrogens with two attached hydrogens (primary N) is 1. The van der Waals surface area contributed by atoms with Crippen molar-refractivity contribution in [2.45, 2.75) is 37.4 Å². The lowest BCUT2D eigenvalue weighted by Crippen LogP contribution is -2.32. The largest absolute Gasteiger partial charge is 0.440 e. The minimum atomic E-state index is -3.85. The monoisotopic (exact) mass is 530 g/mol. The van der Waals surface area contributed by atoms with Gasteiger partial charge >= 0.3 is 5.97 Å². The standard InChI is InChI=1S/C24H26N4O8S/c1-16-13-26(15-35-24(30)18-5-2-4-17(12-18)9-11-36-28(31)32)23(29)20-6-3-7-21(22(16)20)37(33,34)27-10-8-19(25)14-27/h2-7,12-13,19H,8-11,14-15,25H2,1H3/t19-/m0/s1. The summed E-state index contributed by atoms with van der Waals surface area (Å²) in [5.41, 5.74) is 6.77. The van der Waals surface area contributed by atoms with E-state index in [1.165, 1.54) is 45.4 Å². The van der Waals surface area contributed by atoms with Gasteiger partial charge in [0.25, 0.3) is 10.6 Å². The van der Waals surface area contributed by atoms with Crippen molar-refractivity contribution in [2.75, 3.05) is 19.7 Å². The summed E-state index contributed by atoms with van der Waals surface area (Å²) in [5, 5.41) is 9.92. The van der Waals surface area contributed by atoms with Gasteiger partial charge in [-0.1, -0.05) is 18.2 Å². The Morgan fingerprint density at radius 2 is 2.00 bits per heavy atom. The molecule has 0 radical (unpaired) electrons. The van der Waals surface area contributed by atoms with Crippen molar-refractivity contribution in [1.29, 1.82) is 0 Å². The number of pyridine rings is 1. The third-order valence-corrected chi connectivity index (χ3v) is 8.06. The highest BCUT2D eigenvalue weighted by atomic mass is 32.2. The molecule has 37 heavy (non-hydrogen) atoms. The molecular formula is C24H26N4O8S. The molecule has 12 nitrogen and oxygen atoms in total. The Morgan fingerprint density at radius 3 is 2.70 bits per heavy atom. The molecule has 1 fully saturated rings. The van der Waals surface area contributed by atoms with Crippen LogP contribution in [0, 0.1) is 17.0 Å². The van der Waals surface area contributed by atoms with Crippen molar-refractivity contribution in [2.24, 2.45) is 5.73 Å². The van der Waals surface area contributed by atoms with Crippen molar-refractivity contribution in [3.05, 3.63) is 85.8 Å². The lowest BCUT2D eigenvalue weighted by atomic mass is 10.1. The zero-order valence-corrected chi connectivity index (χ0v) is 20.8. The van der Waals surface area contributed by atoms with Gasteiger partial charge in [0.2, 0.25) is 10.0 Å². The number of aromatic nitrogens is 1. The first-order valence-corrected chi connectivity index (χ1v) is 12.9. The van der Waals surface area contributed by atoms with Gasteiger partial charge in [-0.05, 0) is 55.2 Å². The summed E-state index contributed by atoms with van der Waals surface area (Å²) < 4.78 is 34.4. The van der Waals surface area contributed by atoms with Gasteiger partial charge in [0.15, 0.2) is 6.73 Å². The Hall–Kier alpha value is -3.81. The maximum Gasteiger partial charge on any atom is 0.339 e. The summed E-state index contributed by atoms with van der Waals surface area (Å²) in [6.07, 6.45) is 2.24. The highest BCUT2D eigenvalue weighted by Crippen LogP contribution is 2.28. The third-order valence-electron chi connectivity index (χ3n) is 6.15. The van der Waals surface area contributed by atoms with Crippen molar-refractivity contribution in [1.82, 2.24) is 8.87 Å². The van der Waals surface area contributed by atoms with Gasteiger partial charge < -0.3 is 15.3 Å². The molecule has 0 amide bonds. The molecule has 4 rings (SSSR count). The van der Waals surface area contributed by atoms with Crippen LogP contribution in [-0.4, -0.2) is 54.1 Å². The first kappa shape index (κ1) is 26.3. The predicted molar refractivity (Wildman–Crippen MR) is 133 cm³/mol. The number of aryl methyl sites for hydroxylation is 1. The minimum Gasteiger partial charge on any atom is -0.440 e. The summed E-state index contributed by atoms with van der Waals surface area (Å²) in [7, 11) is -3.85. The summed E-state index contributed by atoms with van der Waals surface area (Å²) >= 11 is 0. The van der Waals surface area contributed by atoms with Crippen molar-refractivity contribution >= 4 is 26.8 Å². The molecule has 0 aliphatic carbocycles. The Labute approximate surface area is 212 Å².